The molecule has 102 valence electrons. The third kappa shape index (κ3) is 3.45. The maximum Gasteiger partial charge on any atom is 0.258 e. The summed E-state index contributed by atoms with van der Waals surface area (Å²) in [5, 5.41) is 10.8. The normalized spacial score (nSPS) is 10.7. The summed E-state index contributed by atoms with van der Waals surface area (Å²) >= 11 is 2.85. The first-order valence-corrected chi connectivity index (χ1v) is 7.60. The summed E-state index contributed by atoms with van der Waals surface area (Å²) < 4.78 is 4.04. The Balaban J connectivity index is 2.10. The molecule has 2 aromatic rings. The molecule has 4 N–H and O–H groups in total. The van der Waals surface area contributed by atoms with E-state index in [-0.39, 0.29) is 17.8 Å². The Morgan fingerprint density at radius 1 is 1.53 bits per heavy atom. The van der Waals surface area contributed by atoms with Gasteiger partial charge in [-0.2, -0.15) is 15.7 Å². The van der Waals surface area contributed by atoms with Gasteiger partial charge in [-0.05, 0) is 47.8 Å². The minimum atomic E-state index is -0.186. The first-order chi connectivity index (χ1) is 9.08. The van der Waals surface area contributed by atoms with Crippen molar-refractivity contribution in [3.63, 3.8) is 0 Å². The fourth-order valence-corrected chi connectivity index (χ4v) is 2.93. The van der Waals surface area contributed by atoms with E-state index in [1.807, 2.05) is 25.3 Å². The Hall–Kier alpha value is -1.60. The molecule has 0 fully saturated rings. The third-order valence-electron chi connectivity index (χ3n) is 2.40. The third-order valence-corrected chi connectivity index (χ3v) is 3.95. The molecule has 0 aromatic carbocycles. The lowest BCUT2D eigenvalue weighted by Crippen LogP contribution is -2.30. The highest BCUT2D eigenvalue weighted by Crippen LogP contribution is 2.27. The van der Waals surface area contributed by atoms with Crippen molar-refractivity contribution in [1.29, 1.82) is 0 Å². The van der Waals surface area contributed by atoms with Crippen LogP contribution < -0.4 is 16.4 Å². The molecule has 2 rings (SSSR count). The first kappa shape index (κ1) is 13.8. The number of aromatic nitrogens is 1. The number of nitrogens with zero attached hydrogens (tertiary/aromatic N) is 1. The minimum Gasteiger partial charge on any atom is -0.382 e. The van der Waals surface area contributed by atoms with Gasteiger partial charge in [0.1, 0.15) is 10.6 Å². The molecule has 0 aliphatic rings. The van der Waals surface area contributed by atoms with Gasteiger partial charge in [0.2, 0.25) is 0 Å². The van der Waals surface area contributed by atoms with Crippen molar-refractivity contribution in [3.05, 3.63) is 28.0 Å². The van der Waals surface area contributed by atoms with Gasteiger partial charge in [-0.15, -0.1) is 0 Å². The molecule has 7 heteroatoms. The van der Waals surface area contributed by atoms with Gasteiger partial charge in [-0.1, -0.05) is 0 Å². The first-order valence-electron chi connectivity index (χ1n) is 5.89. The number of anilines is 2. The Morgan fingerprint density at radius 2 is 2.32 bits per heavy atom. The predicted molar refractivity (Wildman–Crippen MR) is 80.8 cm³/mol. The van der Waals surface area contributed by atoms with Gasteiger partial charge in [0.05, 0.1) is 0 Å². The van der Waals surface area contributed by atoms with Gasteiger partial charge in [-0.3, -0.25) is 4.79 Å². The van der Waals surface area contributed by atoms with Crippen LogP contribution in [0, 0.1) is 0 Å². The summed E-state index contributed by atoms with van der Waals surface area (Å²) in [6.07, 6.45) is 0. The maximum absolute atomic E-state index is 12.1. The van der Waals surface area contributed by atoms with E-state index < -0.39 is 0 Å². The summed E-state index contributed by atoms with van der Waals surface area (Å²) in [7, 11) is 0. The van der Waals surface area contributed by atoms with Gasteiger partial charge in [0.25, 0.3) is 5.91 Å². The largest absolute Gasteiger partial charge is 0.382 e. The smallest absolute Gasteiger partial charge is 0.258 e. The van der Waals surface area contributed by atoms with Gasteiger partial charge < -0.3 is 16.4 Å². The Labute approximate surface area is 120 Å². The van der Waals surface area contributed by atoms with Crippen LogP contribution in [-0.4, -0.2) is 16.3 Å². The number of hydrogen-bond donors (Lipinski definition) is 3. The van der Waals surface area contributed by atoms with Crippen LogP contribution >= 0.6 is 22.9 Å². The monoisotopic (exact) mass is 296 g/mol. The summed E-state index contributed by atoms with van der Waals surface area (Å²) in [4.78, 5) is 12.1. The van der Waals surface area contributed by atoms with E-state index in [1.165, 1.54) is 17.1 Å². The molecule has 0 saturated carbocycles. The second-order valence-corrected chi connectivity index (χ2v) is 5.94. The lowest BCUT2D eigenvalue weighted by atomic mass is 10.2. The molecule has 0 aliphatic carbocycles. The standard InChI is InChI=1S/C12H16N4OS2/c1-7(2)15-11(17)9-10(13)16-19-12(9)14-5-8-3-4-18-6-8/h3-4,6-7,14H,5H2,1-2H3,(H2,13,16)(H,15,17). The molecule has 0 unspecified atom stereocenters. The van der Waals surface area contributed by atoms with Crippen LogP contribution in [0.3, 0.4) is 0 Å². The van der Waals surface area contributed by atoms with Crippen molar-refractivity contribution < 1.29 is 4.79 Å². The van der Waals surface area contributed by atoms with E-state index in [1.54, 1.807) is 11.3 Å². The highest BCUT2D eigenvalue weighted by molar-refractivity contribution is 7.11. The number of amides is 1. The fourth-order valence-electron chi connectivity index (χ4n) is 1.55. The highest BCUT2D eigenvalue weighted by atomic mass is 32.1. The van der Waals surface area contributed by atoms with E-state index in [4.69, 9.17) is 5.73 Å². The van der Waals surface area contributed by atoms with Crippen LogP contribution in [-0.2, 0) is 6.54 Å². The van der Waals surface area contributed by atoms with Crippen LogP contribution in [0.1, 0.15) is 29.8 Å². The quantitative estimate of drug-likeness (QED) is 0.792. The molecule has 0 atom stereocenters. The van der Waals surface area contributed by atoms with Gasteiger partial charge >= 0.3 is 0 Å². The zero-order valence-corrected chi connectivity index (χ0v) is 12.4. The molecule has 2 aromatic heterocycles. The van der Waals surface area contributed by atoms with Crippen LogP contribution in [0.4, 0.5) is 10.8 Å². The van der Waals surface area contributed by atoms with Crippen LogP contribution in [0.15, 0.2) is 16.8 Å². The van der Waals surface area contributed by atoms with Crippen molar-refractivity contribution in [2.75, 3.05) is 11.1 Å². The molecule has 5 nitrogen and oxygen atoms in total. The number of nitrogens with two attached hydrogens (primary N) is 1. The molecule has 0 aliphatic heterocycles. The molecular formula is C12H16N4OS2. The molecule has 2 heterocycles. The van der Waals surface area contributed by atoms with Crippen molar-refractivity contribution in [2.24, 2.45) is 0 Å². The number of nitrogen functional groups attached to an aromatic ring is 1. The topological polar surface area (TPSA) is 80.0 Å². The molecular weight excluding hydrogens is 280 g/mol. The zero-order chi connectivity index (χ0) is 13.8. The average Bonchev–Trinajstić information content (AvgIpc) is 2.94. The summed E-state index contributed by atoms with van der Waals surface area (Å²) in [6, 6.07) is 2.10. The van der Waals surface area contributed by atoms with Crippen LogP contribution in [0.5, 0.6) is 0 Å². The van der Waals surface area contributed by atoms with Gasteiger partial charge in [0, 0.05) is 12.6 Å². The summed E-state index contributed by atoms with van der Waals surface area (Å²) in [5.74, 6) is 0.0880. The summed E-state index contributed by atoms with van der Waals surface area (Å²) in [5.41, 5.74) is 7.38. The highest BCUT2D eigenvalue weighted by Gasteiger charge is 2.19. The van der Waals surface area contributed by atoms with Crippen LogP contribution in [0.2, 0.25) is 0 Å². The Kier molecular flexibility index (Phi) is 4.39. The molecule has 0 spiro atoms. The van der Waals surface area contributed by atoms with Crippen molar-refractivity contribution in [1.82, 2.24) is 9.69 Å². The van der Waals surface area contributed by atoms with Crippen molar-refractivity contribution >= 4 is 39.6 Å². The number of carbonyl (C=O) groups excluding carboxylic acids is 1. The van der Waals surface area contributed by atoms with Crippen LogP contribution in [0.25, 0.3) is 0 Å². The number of hydrogen-bond acceptors (Lipinski definition) is 6. The average molecular weight is 296 g/mol. The molecule has 0 bridgehead atoms. The van der Waals surface area contributed by atoms with E-state index in [0.717, 1.165) is 0 Å². The molecule has 1 amide bonds. The fraction of sp³-hybridized carbons (Fsp3) is 0.333. The second kappa shape index (κ2) is 6.03. The summed E-state index contributed by atoms with van der Waals surface area (Å²) in [6.45, 7) is 4.48. The van der Waals surface area contributed by atoms with E-state index in [0.29, 0.717) is 17.1 Å². The zero-order valence-electron chi connectivity index (χ0n) is 10.8. The maximum atomic E-state index is 12.1. The number of nitrogens with one attached hydrogen (secondary N) is 2. The van der Waals surface area contributed by atoms with E-state index in [9.17, 15) is 4.79 Å². The second-order valence-electron chi connectivity index (χ2n) is 4.39. The lowest BCUT2D eigenvalue weighted by Gasteiger charge is -2.09. The molecule has 0 radical (unpaired) electrons. The van der Waals surface area contributed by atoms with Crippen molar-refractivity contribution in [3.8, 4) is 0 Å². The molecule has 19 heavy (non-hydrogen) atoms. The van der Waals surface area contributed by atoms with Crippen molar-refractivity contribution in [2.45, 2.75) is 26.4 Å². The predicted octanol–water partition coefficient (Wildman–Crippen LogP) is 2.54. The number of rotatable bonds is 5. The van der Waals surface area contributed by atoms with Gasteiger partial charge in [-0.25, -0.2) is 0 Å². The van der Waals surface area contributed by atoms with Gasteiger partial charge in [0.15, 0.2) is 5.82 Å². The number of carbonyl (C=O) groups is 1. The van der Waals surface area contributed by atoms with E-state index >= 15 is 0 Å². The lowest BCUT2D eigenvalue weighted by molar-refractivity contribution is 0.0945. The minimum absolute atomic E-state index is 0.0662. The SMILES string of the molecule is CC(C)NC(=O)c1c(N)nsc1NCc1ccsc1. The molecule has 0 saturated heterocycles. The Bertz CT molecular complexity index is 548. The number of thiophene rings is 1. The Morgan fingerprint density at radius 3 is 2.95 bits per heavy atom. The van der Waals surface area contributed by atoms with E-state index in [2.05, 4.69) is 20.4 Å².